The Balaban J connectivity index is 2.19. The molecule has 0 fully saturated rings. The molecule has 0 saturated carbocycles. The molecule has 0 atom stereocenters. The van der Waals surface area contributed by atoms with Gasteiger partial charge in [-0.05, 0) is 12.1 Å². The van der Waals surface area contributed by atoms with Gasteiger partial charge in [-0.2, -0.15) is 0 Å². The minimum atomic E-state index is -2.71. The minimum Gasteiger partial charge on any atom is -0.490 e. The highest BCUT2D eigenvalue weighted by atomic mass is 28.4. The van der Waals surface area contributed by atoms with Crippen molar-refractivity contribution in [1.82, 2.24) is 0 Å². The molecule has 1 aromatic carbocycles. The fraction of sp³-hybridized carbons (Fsp3) is 0.500. The van der Waals surface area contributed by atoms with Gasteiger partial charge in [0.25, 0.3) is 0 Å². The van der Waals surface area contributed by atoms with E-state index in [-0.39, 0.29) is 19.0 Å². The summed E-state index contributed by atoms with van der Waals surface area (Å²) in [5.41, 5.74) is 0. The monoisotopic (exact) mass is 314 g/mol. The Hall–Kier alpha value is -1.41. The zero-order valence-electron chi connectivity index (χ0n) is 12.7. The fourth-order valence-electron chi connectivity index (χ4n) is 1.72. The zero-order valence-corrected chi connectivity index (χ0v) is 13.7. The number of hydrogen-bond donors (Lipinski definition) is 0. The second-order valence-corrected chi connectivity index (χ2v) is 7.27. The van der Waals surface area contributed by atoms with Crippen molar-refractivity contribution in [3.05, 3.63) is 30.3 Å². The van der Waals surface area contributed by atoms with E-state index in [9.17, 15) is 4.79 Å². The van der Waals surface area contributed by atoms with Gasteiger partial charge in [-0.15, -0.1) is 0 Å². The van der Waals surface area contributed by atoms with Gasteiger partial charge in [-0.1, -0.05) is 18.2 Å². The number of carbonyl (C=O) groups excluding carboxylic acids is 1. The van der Waals surface area contributed by atoms with E-state index in [0.29, 0.717) is 12.7 Å². The summed E-state index contributed by atoms with van der Waals surface area (Å²) in [6.07, 6.45) is 0.188. The van der Waals surface area contributed by atoms with Crippen molar-refractivity contribution in [2.45, 2.75) is 12.5 Å². The van der Waals surface area contributed by atoms with Crippen molar-refractivity contribution in [1.29, 1.82) is 0 Å². The van der Waals surface area contributed by atoms with Gasteiger partial charge >= 0.3 is 14.8 Å². The topological polar surface area (TPSA) is 63.2 Å². The van der Waals surface area contributed by atoms with Crippen LogP contribution in [0.1, 0.15) is 6.42 Å². The lowest BCUT2D eigenvalue weighted by atomic mass is 10.3. The predicted octanol–water partition coefficient (Wildman–Crippen LogP) is 1.88. The molecule has 118 valence electrons. The highest BCUT2D eigenvalue weighted by Crippen LogP contribution is 2.15. The van der Waals surface area contributed by atoms with Gasteiger partial charge in [0.1, 0.15) is 19.0 Å². The van der Waals surface area contributed by atoms with Gasteiger partial charge < -0.3 is 22.8 Å². The van der Waals surface area contributed by atoms with E-state index < -0.39 is 8.80 Å². The van der Waals surface area contributed by atoms with Crippen LogP contribution in [0.25, 0.3) is 0 Å². The molecule has 0 radical (unpaired) electrons. The highest BCUT2D eigenvalue weighted by molar-refractivity contribution is 6.60. The normalized spacial score (nSPS) is 11.2. The molecule has 7 heteroatoms. The average Bonchev–Trinajstić information content (AvgIpc) is 2.54. The van der Waals surface area contributed by atoms with Crippen LogP contribution in [0.2, 0.25) is 6.04 Å². The molecule has 0 bridgehead atoms. The molecular formula is C14H22O6Si. The Morgan fingerprint density at radius 1 is 1.00 bits per heavy atom. The molecule has 6 nitrogen and oxygen atoms in total. The molecular weight excluding hydrogens is 292 g/mol. The first-order valence-electron chi connectivity index (χ1n) is 6.64. The highest BCUT2D eigenvalue weighted by Gasteiger charge is 2.38. The van der Waals surface area contributed by atoms with Crippen LogP contribution in [0.15, 0.2) is 30.3 Å². The maximum absolute atomic E-state index is 11.6. The number of hydrogen-bond acceptors (Lipinski definition) is 6. The Labute approximate surface area is 126 Å². The van der Waals surface area contributed by atoms with Gasteiger partial charge in [0.2, 0.25) is 0 Å². The van der Waals surface area contributed by atoms with Gasteiger partial charge in [-0.25, -0.2) is 0 Å². The van der Waals surface area contributed by atoms with E-state index in [1.807, 2.05) is 30.3 Å². The van der Waals surface area contributed by atoms with E-state index in [1.54, 1.807) is 0 Å². The molecule has 1 aromatic rings. The summed E-state index contributed by atoms with van der Waals surface area (Å²) in [7, 11) is 1.82. The first-order valence-corrected chi connectivity index (χ1v) is 8.58. The summed E-state index contributed by atoms with van der Waals surface area (Å²) in [6, 6.07) is 9.74. The molecule has 0 aliphatic carbocycles. The fourth-order valence-corrected chi connectivity index (χ4v) is 3.34. The van der Waals surface area contributed by atoms with Crippen LogP contribution in [0.3, 0.4) is 0 Å². The Kier molecular flexibility index (Phi) is 7.99. The maximum Gasteiger partial charge on any atom is 0.500 e. The maximum atomic E-state index is 11.6. The standard InChI is InChI=1S/C14H22O6Si/c1-16-21(17-2,18-3)12-9-14(15)20-11-10-19-13-7-5-4-6-8-13/h4-8H,9-12H2,1-3H3. The third-order valence-corrected chi connectivity index (χ3v) is 5.66. The SMILES string of the molecule is CO[Si](CCC(=O)OCCOc1ccccc1)(OC)OC. The van der Waals surface area contributed by atoms with E-state index in [2.05, 4.69) is 0 Å². The number of carbonyl (C=O) groups is 1. The van der Waals surface area contributed by atoms with Gasteiger partial charge in [0.05, 0.1) is 0 Å². The quantitative estimate of drug-likeness (QED) is 0.373. The lowest BCUT2D eigenvalue weighted by Crippen LogP contribution is -2.43. The third-order valence-electron chi connectivity index (χ3n) is 2.93. The second-order valence-electron chi connectivity index (χ2n) is 4.18. The molecule has 21 heavy (non-hydrogen) atoms. The largest absolute Gasteiger partial charge is 0.500 e. The van der Waals surface area contributed by atoms with Crippen molar-refractivity contribution < 1.29 is 27.5 Å². The lowest BCUT2D eigenvalue weighted by Gasteiger charge is -2.23. The summed E-state index contributed by atoms with van der Waals surface area (Å²) in [6.45, 7) is 0.520. The van der Waals surface area contributed by atoms with Crippen LogP contribution in [-0.4, -0.2) is 49.3 Å². The molecule has 0 aliphatic rings. The van der Waals surface area contributed by atoms with Crippen molar-refractivity contribution in [3.8, 4) is 5.75 Å². The van der Waals surface area contributed by atoms with Crippen LogP contribution in [-0.2, 0) is 22.8 Å². The van der Waals surface area contributed by atoms with Gasteiger partial charge in [-0.3, -0.25) is 4.79 Å². The van der Waals surface area contributed by atoms with Gasteiger partial charge in [0, 0.05) is 33.8 Å². The molecule has 0 heterocycles. The van der Waals surface area contributed by atoms with E-state index in [4.69, 9.17) is 22.8 Å². The third kappa shape index (κ3) is 6.26. The molecule has 0 amide bonds. The number of ether oxygens (including phenoxy) is 2. The van der Waals surface area contributed by atoms with E-state index in [0.717, 1.165) is 5.75 Å². The minimum absolute atomic E-state index is 0.188. The predicted molar refractivity (Wildman–Crippen MR) is 79.1 cm³/mol. The Morgan fingerprint density at radius 2 is 1.62 bits per heavy atom. The van der Waals surface area contributed by atoms with Crippen LogP contribution >= 0.6 is 0 Å². The van der Waals surface area contributed by atoms with Gasteiger partial charge in [0.15, 0.2) is 0 Å². The molecule has 0 saturated heterocycles. The molecule has 1 rings (SSSR count). The van der Waals surface area contributed by atoms with Crippen LogP contribution in [0.5, 0.6) is 5.75 Å². The van der Waals surface area contributed by atoms with Crippen LogP contribution in [0.4, 0.5) is 0 Å². The first kappa shape index (κ1) is 17.6. The number of rotatable bonds is 10. The van der Waals surface area contributed by atoms with E-state index >= 15 is 0 Å². The molecule has 0 spiro atoms. The van der Waals surface area contributed by atoms with Crippen molar-refractivity contribution in [2.75, 3.05) is 34.5 Å². The lowest BCUT2D eigenvalue weighted by molar-refractivity contribution is -0.144. The van der Waals surface area contributed by atoms with Crippen molar-refractivity contribution >= 4 is 14.8 Å². The van der Waals surface area contributed by atoms with E-state index in [1.165, 1.54) is 21.3 Å². The number of benzene rings is 1. The first-order chi connectivity index (χ1) is 10.2. The molecule has 0 aliphatic heterocycles. The summed E-state index contributed by atoms with van der Waals surface area (Å²) in [5.74, 6) is 0.424. The Morgan fingerprint density at radius 3 is 2.19 bits per heavy atom. The summed E-state index contributed by atoms with van der Waals surface area (Å²) < 4.78 is 26.2. The molecule has 0 unspecified atom stereocenters. The summed E-state index contributed by atoms with van der Waals surface area (Å²) in [5, 5.41) is 0. The smallest absolute Gasteiger partial charge is 0.490 e. The van der Waals surface area contributed by atoms with Crippen LogP contribution < -0.4 is 4.74 Å². The average molecular weight is 314 g/mol. The van der Waals surface area contributed by atoms with Crippen LogP contribution in [0, 0.1) is 0 Å². The number of para-hydroxylation sites is 1. The van der Waals surface area contributed by atoms with Crippen molar-refractivity contribution in [2.24, 2.45) is 0 Å². The Bertz CT molecular complexity index is 399. The molecule has 0 N–H and O–H groups in total. The number of esters is 1. The summed E-state index contributed by atoms with van der Waals surface area (Å²) >= 11 is 0. The zero-order chi connectivity index (χ0) is 15.6. The molecule has 0 aromatic heterocycles. The summed E-state index contributed by atoms with van der Waals surface area (Å²) in [4.78, 5) is 11.6. The van der Waals surface area contributed by atoms with Crippen molar-refractivity contribution in [3.63, 3.8) is 0 Å². The second kappa shape index (κ2) is 9.51.